The highest BCUT2D eigenvalue weighted by Crippen LogP contribution is 2.27. The van der Waals surface area contributed by atoms with Crippen LogP contribution in [0.25, 0.3) is 0 Å². The fourth-order valence-corrected chi connectivity index (χ4v) is 4.39. The van der Waals surface area contributed by atoms with E-state index in [9.17, 15) is 4.79 Å². The van der Waals surface area contributed by atoms with Crippen molar-refractivity contribution >= 4 is 29.1 Å². The number of benzene rings is 2. The topological polar surface area (TPSA) is 56.8 Å². The SMILES string of the molecule is COc1ccc(C2CC(N3CCN(C(=O)c4ccc(Cl)cc4Cl)CC3)NN2)cc1. The minimum Gasteiger partial charge on any atom is -0.497 e. The number of amides is 1. The second-order valence-electron chi connectivity index (χ2n) is 7.32. The Kier molecular flexibility index (Phi) is 6.27. The van der Waals surface area contributed by atoms with Crippen LogP contribution >= 0.6 is 23.2 Å². The number of nitrogens with zero attached hydrogens (tertiary/aromatic N) is 2. The summed E-state index contributed by atoms with van der Waals surface area (Å²) in [7, 11) is 1.67. The van der Waals surface area contributed by atoms with Gasteiger partial charge in [0.25, 0.3) is 5.91 Å². The number of carbonyl (C=O) groups is 1. The molecule has 29 heavy (non-hydrogen) atoms. The smallest absolute Gasteiger partial charge is 0.255 e. The van der Waals surface area contributed by atoms with Crippen molar-refractivity contribution < 1.29 is 9.53 Å². The van der Waals surface area contributed by atoms with Gasteiger partial charge in [0.15, 0.2) is 0 Å². The van der Waals surface area contributed by atoms with Crippen molar-refractivity contribution in [3.8, 4) is 5.75 Å². The Labute approximate surface area is 180 Å². The lowest BCUT2D eigenvalue weighted by molar-refractivity contribution is 0.0545. The molecule has 2 N–H and O–H groups in total. The van der Waals surface area contributed by atoms with Crippen molar-refractivity contribution in [2.45, 2.75) is 18.6 Å². The summed E-state index contributed by atoms with van der Waals surface area (Å²) in [6, 6.07) is 13.4. The van der Waals surface area contributed by atoms with Gasteiger partial charge in [-0.25, -0.2) is 10.9 Å². The van der Waals surface area contributed by atoms with Gasteiger partial charge in [0, 0.05) is 37.2 Å². The Morgan fingerprint density at radius 1 is 1.03 bits per heavy atom. The van der Waals surface area contributed by atoms with Crippen molar-refractivity contribution in [2.75, 3.05) is 33.3 Å². The van der Waals surface area contributed by atoms with Gasteiger partial charge in [0.1, 0.15) is 5.75 Å². The van der Waals surface area contributed by atoms with Crippen LogP contribution in [0.2, 0.25) is 10.0 Å². The highest BCUT2D eigenvalue weighted by molar-refractivity contribution is 6.36. The summed E-state index contributed by atoms with van der Waals surface area (Å²) in [5, 5.41) is 0.927. The van der Waals surface area contributed by atoms with E-state index in [1.165, 1.54) is 5.56 Å². The van der Waals surface area contributed by atoms with Gasteiger partial charge in [-0.05, 0) is 42.3 Å². The third-order valence-electron chi connectivity index (χ3n) is 5.61. The van der Waals surface area contributed by atoms with Crippen molar-refractivity contribution in [1.29, 1.82) is 0 Å². The first-order chi connectivity index (χ1) is 14.0. The third-order valence-corrected chi connectivity index (χ3v) is 6.15. The van der Waals surface area contributed by atoms with E-state index in [1.54, 1.807) is 25.3 Å². The van der Waals surface area contributed by atoms with Crippen molar-refractivity contribution in [2.24, 2.45) is 0 Å². The average molecular weight is 435 g/mol. The van der Waals surface area contributed by atoms with E-state index in [0.717, 1.165) is 25.3 Å². The van der Waals surface area contributed by atoms with Gasteiger partial charge in [-0.3, -0.25) is 9.69 Å². The largest absolute Gasteiger partial charge is 0.497 e. The zero-order valence-electron chi connectivity index (χ0n) is 16.2. The molecule has 2 aromatic carbocycles. The Balaban J connectivity index is 1.32. The molecule has 2 fully saturated rings. The highest BCUT2D eigenvalue weighted by atomic mass is 35.5. The van der Waals surface area contributed by atoms with E-state index in [-0.39, 0.29) is 18.1 Å². The van der Waals surface area contributed by atoms with Crippen LogP contribution in [0.15, 0.2) is 42.5 Å². The monoisotopic (exact) mass is 434 g/mol. The number of piperazine rings is 1. The molecule has 0 radical (unpaired) electrons. The molecule has 6 nitrogen and oxygen atoms in total. The normalized spacial score (nSPS) is 22.7. The van der Waals surface area contributed by atoms with Crippen LogP contribution in [0.4, 0.5) is 0 Å². The van der Waals surface area contributed by atoms with Crippen LogP contribution in [0.5, 0.6) is 5.75 Å². The minimum absolute atomic E-state index is 0.0417. The van der Waals surface area contributed by atoms with Crippen LogP contribution in [0.1, 0.15) is 28.4 Å². The molecule has 2 aromatic rings. The number of nitrogens with one attached hydrogen (secondary N) is 2. The Morgan fingerprint density at radius 3 is 2.41 bits per heavy atom. The first-order valence-electron chi connectivity index (χ1n) is 9.68. The number of hydrogen-bond acceptors (Lipinski definition) is 5. The molecule has 0 aromatic heterocycles. The Morgan fingerprint density at radius 2 is 1.76 bits per heavy atom. The van der Waals surface area contributed by atoms with Gasteiger partial charge in [-0.1, -0.05) is 35.3 Å². The fraction of sp³-hybridized carbons (Fsp3) is 0.381. The predicted octanol–water partition coefficient (Wildman–Crippen LogP) is 3.33. The maximum Gasteiger partial charge on any atom is 0.255 e. The molecular formula is C21H24Cl2N4O2. The lowest BCUT2D eigenvalue weighted by atomic mass is 10.0. The molecule has 2 unspecified atom stereocenters. The van der Waals surface area contributed by atoms with Crippen molar-refractivity contribution in [3.63, 3.8) is 0 Å². The lowest BCUT2D eigenvalue weighted by Crippen LogP contribution is -2.55. The predicted molar refractivity (Wildman–Crippen MR) is 114 cm³/mol. The summed E-state index contributed by atoms with van der Waals surface area (Å²) in [6.45, 7) is 2.96. The van der Waals surface area contributed by atoms with Gasteiger partial charge < -0.3 is 9.64 Å². The van der Waals surface area contributed by atoms with E-state index in [4.69, 9.17) is 27.9 Å². The van der Waals surface area contributed by atoms with Crippen LogP contribution in [0.3, 0.4) is 0 Å². The van der Waals surface area contributed by atoms with Crippen LogP contribution in [-0.2, 0) is 0 Å². The molecule has 0 saturated carbocycles. The minimum atomic E-state index is -0.0417. The molecule has 0 bridgehead atoms. The number of rotatable bonds is 4. The maximum absolute atomic E-state index is 12.8. The Bertz CT molecular complexity index is 869. The zero-order valence-corrected chi connectivity index (χ0v) is 17.7. The van der Waals surface area contributed by atoms with E-state index < -0.39 is 0 Å². The number of hydrogen-bond donors (Lipinski definition) is 2. The first-order valence-corrected chi connectivity index (χ1v) is 10.4. The standard InChI is InChI=1S/C21H24Cl2N4O2/c1-29-16-5-2-14(3-6-16)19-13-20(25-24-19)26-8-10-27(11-9-26)21(28)17-7-4-15(22)12-18(17)23/h2-7,12,19-20,24-25H,8-11,13H2,1H3. The number of ether oxygens (including phenoxy) is 1. The molecule has 8 heteroatoms. The van der Waals surface area contributed by atoms with Gasteiger partial charge in [0.05, 0.1) is 23.9 Å². The van der Waals surface area contributed by atoms with Gasteiger partial charge in [-0.2, -0.15) is 0 Å². The molecule has 2 atom stereocenters. The summed E-state index contributed by atoms with van der Waals surface area (Å²) >= 11 is 12.1. The number of hydrazine groups is 1. The van der Waals surface area contributed by atoms with Crippen LogP contribution in [-0.4, -0.2) is 55.2 Å². The van der Waals surface area contributed by atoms with Crippen LogP contribution < -0.4 is 15.6 Å². The molecule has 2 aliphatic rings. The summed E-state index contributed by atoms with van der Waals surface area (Å²) in [5.41, 5.74) is 8.52. The zero-order chi connectivity index (χ0) is 20.4. The number of carbonyl (C=O) groups excluding carboxylic acids is 1. The van der Waals surface area contributed by atoms with E-state index in [2.05, 4.69) is 27.9 Å². The first kappa shape index (κ1) is 20.4. The quantitative estimate of drug-likeness (QED) is 0.772. The van der Waals surface area contributed by atoms with Crippen molar-refractivity contribution in [1.82, 2.24) is 20.7 Å². The van der Waals surface area contributed by atoms with Gasteiger partial charge in [0.2, 0.25) is 0 Å². The second-order valence-corrected chi connectivity index (χ2v) is 8.16. The summed E-state index contributed by atoms with van der Waals surface area (Å²) in [4.78, 5) is 17.0. The summed E-state index contributed by atoms with van der Waals surface area (Å²) < 4.78 is 5.23. The molecular weight excluding hydrogens is 411 g/mol. The Hall–Kier alpha value is -1.83. The molecule has 2 aliphatic heterocycles. The average Bonchev–Trinajstić information content (AvgIpc) is 3.24. The fourth-order valence-electron chi connectivity index (χ4n) is 3.90. The second kappa shape index (κ2) is 8.90. The highest BCUT2D eigenvalue weighted by Gasteiger charge is 2.32. The molecule has 2 heterocycles. The molecule has 0 spiro atoms. The van der Waals surface area contributed by atoms with Crippen molar-refractivity contribution in [3.05, 3.63) is 63.6 Å². The van der Waals surface area contributed by atoms with E-state index in [1.807, 2.05) is 17.0 Å². The number of halogens is 2. The van der Waals surface area contributed by atoms with E-state index >= 15 is 0 Å². The number of methoxy groups -OCH3 is 1. The van der Waals surface area contributed by atoms with Gasteiger partial charge in [-0.15, -0.1) is 0 Å². The molecule has 154 valence electrons. The molecule has 0 aliphatic carbocycles. The van der Waals surface area contributed by atoms with Gasteiger partial charge >= 0.3 is 0 Å². The lowest BCUT2D eigenvalue weighted by Gasteiger charge is -2.37. The molecule has 2 saturated heterocycles. The third kappa shape index (κ3) is 4.52. The summed E-state index contributed by atoms with van der Waals surface area (Å²) in [5.74, 6) is 0.817. The summed E-state index contributed by atoms with van der Waals surface area (Å²) in [6.07, 6.45) is 1.20. The molecule has 4 rings (SSSR count). The van der Waals surface area contributed by atoms with E-state index in [0.29, 0.717) is 28.7 Å². The molecule has 1 amide bonds. The maximum atomic E-state index is 12.8. The van der Waals surface area contributed by atoms with Crippen LogP contribution in [0, 0.1) is 0 Å².